The first-order valence-corrected chi connectivity index (χ1v) is 18.8. The second kappa shape index (κ2) is 15.2. The maximum absolute atomic E-state index is 12.1. The number of nitrogens with one attached hydrogen (secondary N) is 5. The quantitative estimate of drug-likeness (QED) is 0.108. The molecule has 6 heterocycles. The first-order chi connectivity index (χ1) is 27.2. The average molecular weight is 833 g/mol. The number of nitriles is 1. The van der Waals surface area contributed by atoms with E-state index in [1.54, 1.807) is 0 Å². The number of halogens is 5. The number of amides is 2. The molecule has 4 aliphatic rings. The van der Waals surface area contributed by atoms with E-state index in [1.165, 1.54) is 0 Å². The van der Waals surface area contributed by atoms with Gasteiger partial charge in [0.05, 0.1) is 45.1 Å². The Hall–Kier alpha value is -5.76. The van der Waals surface area contributed by atoms with Crippen LogP contribution in [0.15, 0.2) is 48.5 Å². The van der Waals surface area contributed by atoms with Crippen LogP contribution in [0.1, 0.15) is 69.2 Å². The minimum atomic E-state index is -4.17. The van der Waals surface area contributed by atoms with Gasteiger partial charge >= 0.3 is 6.18 Å². The lowest BCUT2D eigenvalue weighted by molar-refractivity contribution is -0.156. The Morgan fingerprint density at radius 2 is 1.28 bits per heavy atom. The Balaban J connectivity index is 0.000000148. The fraction of sp³-hybridized carbons (Fsp3) is 0.325. The summed E-state index contributed by atoms with van der Waals surface area (Å²) in [7, 11) is 0. The molecule has 2 fully saturated rings. The van der Waals surface area contributed by atoms with Crippen molar-refractivity contribution in [2.24, 2.45) is 5.73 Å². The Bertz CT molecular complexity index is 2640. The average Bonchev–Trinajstić information content (AvgIpc) is 4.03. The molecule has 7 N–H and O–H groups in total. The molecule has 300 valence electrons. The van der Waals surface area contributed by atoms with Gasteiger partial charge in [-0.1, -0.05) is 35.9 Å². The van der Waals surface area contributed by atoms with Crippen molar-refractivity contribution in [2.75, 3.05) is 18.4 Å². The molecule has 2 aliphatic heterocycles. The van der Waals surface area contributed by atoms with Gasteiger partial charge in [0, 0.05) is 59.8 Å². The Morgan fingerprint density at radius 3 is 1.71 bits per heavy atom. The van der Waals surface area contributed by atoms with Crippen LogP contribution in [0.2, 0.25) is 5.15 Å². The summed E-state index contributed by atoms with van der Waals surface area (Å²) in [6, 6.07) is 17.7. The predicted octanol–water partition coefficient (Wildman–Crippen LogP) is 7.02. The molecule has 2 amide bonds. The number of hydrogen-bond acceptors (Lipinski definition) is 9. The molecule has 18 heteroatoms. The molecular formula is C40H38Cl2F3N11O2. The molecule has 2 saturated carbocycles. The largest absolute Gasteiger partial charge is 0.406 e. The van der Waals surface area contributed by atoms with Gasteiger partial charge in [-0.05, 0) is 63.8 Å². The molecule has 0 atom stereocenters. The van der Waals surface area contributed by atoms with Crippen LogP contribution in [0.25, 0.3) is 44.6 Å². The molecule has 58 heavy (non-hydrogen) atoms. The Labute approximate surface area is 341 Å². The van der Waals surface area contributed by atoms with E-state index in [1.807, 2.05) is 62.4 Å². The number of rotatable bonds is 4. The normalized spacial score (nSPS) is 16.8. The number of aryl methyl sites for hydroxylation is 2. The minimum Gasteiger partial charge on any atom is -0.358 e. The van der Waals surface area contributed by atoms with Crippen molar-refractivity contribution in [2.45, 2.75) is 69.6 Å². The first kappa shape index (κ1) is 40.4. The number of aromatic amines is 2. The fourth-order valence-electron chi connectivity index (χ4n) is 6.77. The summed E-state index contributed by atoms with van der Waals surface area (Å²) < 4.78 is 34.5. The minimum absolute atomic E-state index is 0. The number of hydrogen-bond donors (Lipinski definition) is 6. The third-order valence-electron chi connectivity index (χ3n) is 10.5. The van der Waals surface area contributed by atoms with Gasteiger partial charge in [0.15, 0.2) is 5.15 Å². The van der Waals surface area contributed by atoms with Gasteiger partial charge in [0.2, 0.25) is 0 Å². The highest BCUT2D eigenvalue weighted by Gasteiger charge is 2.60. The van der Waals surface area contributed by atoms with Gasteiger partial charge in [-0.2, -0.15) is 18.4 Å². The van der Waals surface area contributed by atoms with E-state index < -0.39 is 17.3 Å². The highest BCUT2D eigenvalue weighted by atomic mass is 35.5. The number of anilines is 1. The second-order valence-corrected chi connectivity index (χ2v) is 15.1. The second-order valence-electron chi connectivity index (χ2n) is 14.7. The lowest BCUT2D eigenvalue weighted by Gasteiger charge is -2.14. The maximum Gasteiger partial charge on any atom is 0.406 e. The van der Waals surface area contributed by atoms with Crippen molar-refractivity contribution < 1.29 is 22.8 Å². The number of carbonyl (C=O) groups excluding carboxylic acids is 2. The molecule has 10 rings (SSSR count). The molecule has 0 radical (unpaired) electrons. The number of nitrogens with zero attached hydrogens (tertiary/aromatic N) is 5. The first-order valence-electron chi connectivity index (χ1n) is 18.4. The maximum atomic E-state index is 12.1. The van der Waals surface area contributed by atoms with Crippen LogP contribution in [-0.2, 0) is 12.8 Å². The van der Waals surface area contributed by atoms with Crippen molar-refractivity contribution in [1.29, 1.82) is 5.26 Å². The number of H-pyrrole nitrogens is 2. The SMILES string of the molecule is Cc1nc2cccc(-c3cc4c([nH]3)CCNC4=O)c2nc1Cl.Cc1nc2cccc(-c3cc4c([nH]3)CCNC4=O)c2nc1NC1(C#N)CC1.Cl.NC1(C(F)(F)F)CC1. The summed E-state index contributed by atoms with van der Waals surface area (Å²) in [6.45, 7) is 5.03. The van der Waals surface area contributed by atoms with Crippen LogP contribution >= 0.6 is 24.0 Å². The van der Waals surface area contributed by atoms with E-state index in [9.17, 15) is 28.0 Å². The van der Waals surface area contributed by atoms with Crippen LogP contribution in [-0.4, -0.2) is 72.1 Å². The van der Waals surface area contributed by atoms with Crippen molar-refractivity contribution in [3.05, 3.63) is 87.6 Å². The number of fused-ring (bicyclic) bond motifs is 4. The van der Waals surface area contributed by atoms with Gasteiger partial charge in [-0.3, -0.25) is 9.59 Å². The molecule has 0 bridgehead atoms. The van der Waals surface area contributed by atoms with E-state index in [0.29, 0.717) is 40.9 Å². The van der Waals surface area contributed by atoms with Gasteiger partial charge in [0.25, 0.3) is 11.8 Å². The van der Waals surface area contributed by atoms with Gasteiger partial charge in [0.1, 0.15) is 22.4 Å². The predicted molar refractivity (Wildman–Crippen MR) is 216 cm³/mol. The topological polar surface area (TPSA) is 203 Å². The summed E-state index contributed by atoms with van der Waals surface area (Å²) in [5.74, 6) is 0.556. The monoisotopic (exact) mass is 831 g/mol. The van der Waals surface area contributed by atoms with E-state index in [2.05, 4.69) is 46.9 Å². The molecule has 4 aromatic heterocycles. The zero-order valence-electron chi connectivity index (χ0n) is 31.3. The lowest BCUT2D eigenvalue weighted by Crippen LogP contribution is -2.39. The molecule has 0 saturated heterocycles. The van der Waals surface area contributed by atoms with Gasteiger partial charge in [-0.25, -0.2) is 19.9 Å². The Kier molecular flexibility index (Phi) is 10.6. The lowest BCUT2D eigenvalue weighted by atomic mass is 10.1. The van der Waals surface area contributed by atoms with E-state index >= 15 is 0 Å². The fourth-order valence-corrected chi connectivity index (χ4v) is 6.90. The molecule has 2 aromatic carbocycles. The Morgan fingerprint density at radius 1 is 0.776 bits per heavy atom. The van der Waals surface area contributed by atoms with Crippen molar-refractivity contribution >= 4 is 63.7 Å². The number of benzene rings is 2. The van der Waals surface area contributed by atoms with Gasteiger partial charge in [-0.15, -0.1) is 12.4 Å². The molecule has 2 aliphatic carbocycles. The molecule has 0 spiro atoms. The van der Waals surface area contributed by atoms with Crippen molar-refractivity contribution in [1.82, 2.24) is 40.5 Å². The highest BCUT2D eigenvalue weighted by molar-refractivity contribution is 6.30. The molecule has 13 nitrogen and oxygen atoms in total. The summed E-state index contributed by atoms with van der Waals surface area (Å²) >= 11 is 6.12. The standard InChI is InChI=1S/C20H18N6O.C16H13ClN4O.C4H6F3N.ClH/c1-11-18(26-20(10-21)6-7-20)25-17-12(3-2-4-15(17)23-11)16-9-13-14(24-16)5-8-22-19(13)27;1-8-15(17)21-14-9(3-2-4-12(14)19-8)13-7-10-11(20-13)5-6-18-16(10)22;5-4(6,7)3(8)1-2-3;/h2-4,9,24H,5-8H2,1H3,(H,22,27)(H,25,26);2-4,7,20H,5-6H2,1H3,(H,18,22);1-2,8H2;1H. The summed E-state index contributed by atoms with van der Waals surface area (Å²) in [5, 5.41) is 18.7. The van der Waals surface area contributed by atoms with Crippen LogP contribution in [0, 0.1) is 25.2 Å². The van der Waals surface area contributed by atoms with E-state index in [0.717, 1.165) is 87.3 Å². The van der Waals surface area contributed by atoms with E-state index in [4.69, 9.17) is 22.3 Å². The molecule has 0 unspecified atom stereocenters. The highest BCUT2D eigenvalue weighted by Crippen LogP contribution is 2.46. The zero-order chi connectivity index (χ0) is 40.3. The van der Waals surface area contributed by atoms with Crippen molar-refractivity contribution in [3.8, 4) is 28.6 Å². The smallest absolute Gasteiger partial charge is 0.358 e. The zero-order valence-corrected chi connectivity index (χ0v) is 32.9. The molecular weight excluding hydrogens is 794 g/mol. The van der Waals surface area contributed by atoms with Crippen LogP contribution in [0.4, 0.5) is 19.0 Å². The number of alkyl halides is 3. The summed E-state index contributed by atoms with van der Waals surface area (Å²) in [4.78, 5) is 49.1. The van der Waals surface area contributed by atoms with Crippen LogP contribution < -0.4 is 21.7 Å². The van der Waals surface area contributed by atoms with E-state index in [-0.39, 0.29) is 37.1 Å². The van der Waals surface area contributed by atoms with Crippen LogP contribution in [0.5, 0.6) is 0 Å². The summed E-state index contributed by atoms with van der Waals surface area (Å²) in [5.41, 5.74) is 13.8. The third kappa shape index (κ3) is 7.77. The summed E-state index contributed by atoms with van der Waals surface area (Å²) in [6.07, 6.45) is -0.753. The van der Waals surface area contributed by atoms with Gasteiger partial charge < -0.3 is 31.7 Å². The van der Waals surface area contributed by atoms with Crippen LogP contribution in [0.3, 0.4) is 0 Å². The number of aromatic nitrogens is 6. The third-order valence-corrected chi connectivity index (χ3v) is 10.9. The number of carbonyl (C=O) groups is 2. The molecule has 6 aromatic rings. The number of para-hydroxylation sites is 2. The van der Waals surface area contributed by atoms with Crippen molar-refractivity contribution in [3.63, 3.8) is 0 Å². The number of nitrogens with two attached hydrogens (primary N) is 1.